The van der Waals surface area contributed by atoms with Crippen molar-refractivity contribution in [1.29, 1.82) is 0 Å². The van der Waals surface area contributed by atoms with E-state index < -0.39 is 0 Å². The molecule has 2 aliphatic rings. The number of hydrogen-bond donors (Lipinski definition) is 0. The van der Waals surface area contributed by atoms with Gasteiger partial charge in [0.2, 0.25) is 5.69 Å². The predicted molar refractivity (Wildman–Crippen MR) is 126 cm³/mol. The molecule has 1 fully saturated rings. The largest absolute Gasteiger partial charge is 0.455 e. The second-order valence-corrected chi connectivity index (χ2v) is 11.0. The van der Waals surface area contributed by atoms with E-state index in [1.807, 2.05) is 0 Å². The van der Waals surface area contributed by atoms with Gasteiger partial charge in [-0.3, -0.25) is 0 Å². The van der Waals surface area contributed by atoms with E-state index in [1.54, 1.807) is 11.3 Å². The van der Waals surface area contributed by atoms with Crippen LogP contribution in [-0.2, 0) is 7.05 Å². The number of rotatable bonds is 1. The third-order valence-corrected chi connectivity index (χ3v) is 8.34. The highest BCUT2D eigenvalue weighted by Crippen LogP contribution is 2.51. The number of ether oxygens (including phenoxy) is 1. The fourth-order valence-electron chi connectivity index (χ4n) is 5.58. The first kappa shape index (κ1) is 18.4. The number of hydrogen-bond acceptors (Lipinski definition) is 2. The molecule has 0 unspecified atom stereocenters. The number of thiophene rings is 1. The number of aryl methyl sites for hydroxylation is 2. The van der Waals surface area contributed by atoms with Crippen molar-refractivity contribution in [2.24, 2.45) is 12.5 Å². The Morgan fingerprint density at radius 3 is 2.67 bits per heavy atom. The third kappa shape index (κ3) is 2.64. The Balaban J connectivity index is 1.57. The lowest BCUT2D eigenvalue weighted by Gasteiger charge is -2.35. The van der Waals surface area contributed by atoms with Gasteiger partial charge in [0.05, 0.1) is 10.9 Å². The van der Waals surface area contributed by atoms with Crippen molar-refractivity contribution in [3.8, 4) is 22.8 Å². The van der Waals surface area contributed by atoms with E-state index in [-0.39, 0.29) is 0 Å². The zero-order chi connectivity index (χ0) is 20.6. The van der Waals surface area contributed by atoms with Crippen LogP contribution in [0, 0.1) is 12.3 Å². The maximum absolute atomic E-state index is 6.63. The molecule has 152 valence electrons. The van der Waals surface area contributed by atoms with Crippen LogP contribution in [0.5, 0.6) is 11.5 Å². The molecule has 0 saturated heterocycles. The van der Waals surface area contributed by atoms with Crippen molar-refractivity contribution >= 4 is 32.2 Å². The van der Waals surface area contributed by atoms with Crippen molar-refractivity contribution in [2.45, 2.75) is 52.4 Å². The van der Waals surface area contributed by atoms with E-state index in [0.29, 0.717) is 11.3 Å². The van der Waals surface area contributed by atoms with Crippen molar-refractivity contribution in [2.75, 3.05) is 0 Å². The molecule has 0 radical (unpaired) electrons. The van der Waals surface area contributed by atoms with Crippen molar-refractivity contribution in [3.63, 3.8) is 0 Å². The Bertz CT molecular complexity index is 1320. The molecule has 3 heterocycles. The van der Waals surface area contributed by atoms with Gasteiger partial charge in [0.1, 0.15) is 18.5 Å². The van der Waals surface area contributed by atoms with E-state index in [1.165, 1.54) is 68.9 Å². The summed E-state index contributed by atoms with van der Waals surface area (Å²) in [7, 11) is 2.15. The minimum Gasteiger partial charge on any atom is -0.455 e. The summed E-state index contributed by atoms with van der Waals surface area (Å²) in [6, 6.07) is 11.5. The molecule has 6 rings (SSSR count). The summed E-state index contributed by atoms with van der Waals surface area (Å²) in [5.41, 5.74) is 5.78. The van der Waals surface area contributed by atoms with Crippen LogP contribution in [0.15, 0.2) is 41.9 Å². The molecule has 0 amide bonds. The quantitative estimate of drug-likeness (QED) is 0.257. The van der Waals surface area contributed by atoms with Crippen LogP contribution in [0.4, 0.5) is 0 Å². The first-order valence-corrected chi connectivity index (χ1v) is 11.9. The van der Waals surface area contributed by atoms with E-state index >= 15 is 0 Å². The monoisotopic (exact) mass is 414 g/mol. The Morgan fingerprint density at radius 1 is 1.07 bits per heavy atom. The summed E-state index contributed by atoms with van der Waals surface area (Å²) in [6.07, 6.45) is 7.37. The normalized spacial score (nSPS) is 17.9. The lowest BCUT2D eigenvalue weighted by molar-refractivity contribution is -0.659. The smallest absolute Gasteiger partial charge is 0.228 e. The molecular weight excluding hydrogens is 386 g/mol. The number of pyridine rings is 1. The molecule has 3 heteroatoms. The molecule has 2 aromatic heterocycles. The molecule has 30 heavy (non-hydrogen) atoms. The Hall–Kier alpha value is -2.39. The molecular formula is C27H28NOS+. The van der Waals surface area contributed by atoms with Crippen LogP contribution in [-0.4, -0.2) is 0 Å². The summed E-state index contributed by atoms with van der Waals surface area (Å²) < 4.78 is 10.2. The van der Waals surface area contributed by atoms with Crippen molar-refractivity contribution in [1.82, 2.24) is 0 Å². The van der Waals surface area contributed by atoms with E-state index in [2.05, 4.69) is 74.3 Å². The van der Waals surface area contributed by atoms with Gasteiger partial charge in [-0.25, -0.2) is 4.57 Å². The minimum atomic E-state index is 0.488. The standard InChI is InChI=1S/C27H28NOS/c1-16-20-8-12-30-23(20)15-22-24(16)26-25-18(7-11-28(26)4)13-19(14-21(25)29-22)17-5-9-27(2,3)10-6-17/h7-8,11-15,17H,5-6,9-10H2,1-4H3/q+1. The Kier molecular flexibility index (Phi) is 3.86. The maximum Gasteiger partial charge on any atom is 0.228 e. The minimum absolute atomic E-state index is 0.488. The molecule has 1 saturated carbocycles. The van der Waals surface area contributed by atoms with Crippen LogP contribution in [0.2, 0.25) is 0 Å². The number of nitrogens with zero attached hydrogens (tertiary/aromatic N) is 1. The molecule has 0 bridgehead atoms. The van der Waals surface area contributed by atoms with Crippen LogP contribution in [0.1, 0.15) is 56.6 Å². The van der Waals surface area contributed by atoms with E-state index in [4.69, 9.17) is 4.74 Å². The SMILES string of the molecule is Cc1c2c(cc3sccc13)Oc1cc(C3CCC(C)(C)CC3)cc3cc[n+](C)c-2c13. The van der Waals surface area contributed by atoms with Gasteiger partial charge >= 0.3 is 0 Å². The summed E-state index contributed by atoms with van der Waals surface area (Å²) in [5, 5.41) is 6.07. The third-order valence-electron chi connectivity index (χ3n) is 7.47. The highest BCUT2D eigenvalue weighted by Gasteiger charge is 2.33. The first-order chi connectivity index (χ1) is 14.4. The average molecular weight is 415 g/mol. The molecule has 2 aromatic carbocycles. The molecule has 2 nitrogen and oxygen atoms in total. The van der Waals surface area contributed by atoms with Crippen LogP contribution in [0.25, 0.3) is 32.1 Å². The zero-order valence-electron chi connectivity index (χ0n) is 18.2. The van der Waals surface area contributed by atoms with Gasteiger partial charge < -0.3 is 4.74 Å². The van der Waals surface area contributed by atoms with E-state index in [9.17, 15) is 0 Å². The predicted octanol–water partition coefficient (Wildman–Crippen LogP) is 7.64. The summed E-state index contributed by atoms with van der Waals surface area (Å²) in [6.45, 7) is 7.06. The fourth-order valence-corrected chi connectivity index (χ4v) is 6.46. The van der Waals surface area contributed by atoms with Crippen LogP contribution >= 0.6 is 11.3 Å². The second-order valence-electron chi connectivity index (χ2n) is 10.0. The second kappa shape index (κ2) is 6.31. The number of fused-ring (bicyclic) bond motifs is 3. The maximum atomic E-state index is 6.63. The lowest BCUT2D eigenvalue weighted by atomic mass is 9.71. The Morgan fingerprint density at radius 2 is 1.87 bits per heavy atom. The number of aromatic nitrogens is 1. The van der Waals surface area contributed by atoms with E-state index in [0.717, 1.165) is 11.5 Å². The Labute approximate surface area is 182 Å². The topological polar surface area (TPSA) is 13.1 Å². The summed E-state index contributed by atoms with van der Waals surface area (Å²) in [5.74, 6) is 2.67. The summed E-state index contributed by atoms with van der Waals surface area (Å²) >= 11 is 1.79. The number of benzene rings is 2. The zero-order valence-corrected chi connectivity index (χ0v) is 19.0. The molecule has 0 N–H and O–H groups in total. The molecule has 0 atom stereocenters. The highest BCUT2D eigenvalue weighted by atomic mass is 32.1. The molecule has 1 aliphatic heterocycles. The van der Waals surface area contributed by atoms with Crippen LogP contribution in [0.3, 0.4) is 0 Å². The average Bonchev–Trinajstić information content (AvgIpc) is 3.18. The first-order valence-electron chi connectivity index (χ1n) is 11.1. The fraction of sp³-hybridized carbons (Fsp3) is 0.370. The van der Waals surface area contributed by atoms with Crippen LogP contribution < -0.4 is 9.30 Å². The van der Waals surface area contributed by atoms with Gasteiger partial charge in [-0.15, -0.1) is 11.3 Å². The van der Waals surface area contributed by atoms with Crippen molar-refractivity contribution in [3.05, 3.63) is 53.0 Å². The van der Waals surface area contributed by atoms with Gasteiger partial charge in [-0.05, 0) is 89.4 Å². The molecule has 1 aliphatic carbocycles. The lowest BCUT2D eigenvalue weighted by Crippen LogP contribution is -2.31. The van der Waals surface area contributed by atoms with Gasteiger partial charge in [-0.2, -0.15) is 0 Å². The van der Waals surface area contributed by atoms with Gasteiger partial charge in [0, 0.05) is 10.8 Å². The molecule has 4 aromatic rings. The van der Waals surface area contributed by atoms with Gasteiger partial charge in [-0.1, -0.05) is 19.9 Å². The summed E-state index contributed by atoms with van der Waals surface area (Å²) in [4.78, 5) is 0. The van der Waals surface area contributed by atoms with Gasteiger partial charge in [0.25, 0.3) is 0 Å². The van der Waals surface area contributed by atoms with Crippen molar-refractivity contribution < 1.29 is 9.30 Å². The van der Waals surface area contributed by atoms with Gasteiger partial charge in [0.15, 0.2) is 6.20 Å². The molecule has 0 spiro atoms. The highest BCUT2D eigenvalue weighted by molar-refractivity contribution is 7.17.